The molecule has 1 aliphatic carbocycles. The number of amides is 1. The van der Waals surface area contributed by atoms with Crippen LogP contribution < -0.4 is 0 Å². The molecule has 2 aliphatic rings. The Morgan fingerprint density at radius 3 is 2.33 bits per heavy atom. The van der Waals surface area contributed by atoms with E-state index in [-0.39, 0.29) is 0 Å². The molecule has 1 amide bonds. The first kappa shape index (κ1) is 8.09. The quantitative estimate of drug-likeness (QED) is 0.581. The van der Waals surface area contributed by atoms with Crippen LogP contribution in [0.15, 0.2) is 0 Å². The lowest BCUT2D eigenvalue weighted by Gasteiger charge is -2.34. The number of hydrogen-bond acceptors (Lipinski definition) is 1. The lowest BCUT2D eigenvalue weighted by Crippen LogP contribution is -2.39. The highest BCUT2D eigenvalue weighted by molar-refractivity contribution is 5.79. The van der Waals surface area contributed by atoms with Gasteiger partial charge in [0.05, 0.1) is 0 Å². The van der Waals surface area contributed by atoms with E-state index in [1.807, 2.05) is 0 Å². The lowest BCUT2D eigenvalue weighted by molar-refractivity contribution is -0.138. The second-order valence-corrected chi connectivity index (χ2v) is 4.31. The zero-order chi connectivity index (χ0) is 8.55. The molecule has 68 valence electrons. The van der Waals surface area contributed by atoms with Gasteiger partial charge < -0.3 is 4.90 Å². The van der Waals surface area contributed by atoms with Gasteiger partial charge in [0, 0.05) is 19.0 Å². The summed E-state index contributed by atoms with van der Waals surface area (Å²) < 4.78 is 0. The molecule has 0 aromatic rings. The fraction of sp³-hybridized carbons (Fsp3) is 0.900. The Balaban J connectivity index is 1.83. The summed E-state index contributed by atoms with van der Waals surface area (Å²) >= 11 is 0. The Morgan fingerprint density at radius 2 is 1.83 bits per heavy atom. The standard InChI is InChI=1S/C10H17NO/c1-8-6-9(7-8)10(12)11-4-2-3-5-11/h8-9H,2-7H2,1H3. The van der Waals surface area contributed by atoms with Crippen molar-refractivity contribution in [2.45, 2.75) is 32.6 Å². The normalized spacial score (nSPS) is 34.9. The molecule has 0 N–H and O–H groups in total. The maximum absolute atomic E-state index is 11.7. The zero-order valence-corrected chi connectivity index (χ0v) is 7.75. The minimum Gasteiger partial charge on any atom is -0.342 e. The second-order valence-electron chi connectivity index (χ2n) is 4.31. The van der Waals surface area contributed by atoms with Crippen LogP contribution in [0.1, 0.15) is 32.6 Å². The van der Waals surface area contributed by atoms with E-state index in [0.717, 1.165) is 31.8 Å². The number of carbonyl (C=O) groups excluding carboxylic acids is 1. The fourth-order valence-electron chi connectivity index (χ4n) is 2.30. The first-order valence-corrected chi connectivity index (χ1v) is 5.06. The molecule has 0 aromatic heterocycles. The topological polar surface area (TPSA) is 20.3 Å². The van der Waals surface area contributed by atoms with Crippen molar-refractivity contribution >= 4 is 5.91 Å². The van der Waals surface area contributed by atoms with E-state index in [0.29, 0.717) is 11.8 Å². The highest BCUT2D eigenvalue weighted by Crippen LogP contribution is 2.34. The van der Waals surface area contributed by atoms with Gasteiger partial charge in [-0.05, 0) is 31.6 Å². The molecule has 0 spiro atoms. The van der Waals surface area contributed by atoms with Crippen molar-refractivity contribution in [3.05, 3.63) is 0 Å². The van der Waals surface area contributed by atoms with Gasteiger partial charge in [-0.15, -0.1) is 0 Å². The Hall–Kier alpha value is -0.530. The summed E-state index contributed by atoms with van der Waals surface area (Å²) in [4.78, 5) is 13.8. The zero-order valence-electron chi connectivity index (χ0n) is 7.75. The Bertz CT molecular complexity index is 178. The first-order chi connectivity index (χ1) is 5.77. The summed E-state index contributed by atoms with van der Waals surface area (Å²) in [7, 11) is 0. The van der Waals surface area contributed by atoms with Crippen LogP contribution in [0, 0.1) is 11.8 Å². The molecule has 12 heavy (non-hydrogen) atoms. The van der Waals surface area contributed by atoms with Gasteiger partial charge in [0.25, 0.3) is 0 Å². The van der Waals surface area contributed by atoms with Crippen molar-refractivity contribution in [3.63, 3.8) is 0 Å². The van der Waals surface area contributed by atoms with Crippen LogP contribution in [-0.4, -0.2) is 23.9 Å². The predicted octanol–water partition coefficient (Wildman–Crippen LogP) is 1.65. The second kappa shape index (κ2) is 3.08. The van der Waals surface area contributed by atoms with Crippen molar-refractivity contribution in [1.82, 2.24) is 4.90 Å². The van der Waals surface area contributed by atoms with Crippen molar-refractivity contribution in [2.75, 3.05) is 13.1 Å². The average Bonchev–Trinajstić information content (AvgIpc) is 2.49. The summed E-state index contributed by atoms with van der Waals surface area (Å²) in [6.07, 6.45) is 4.70. The van der Waals surface area contributed by atoms with Gasteiger partial charge >= 0.3 is 0 Å². The highest BCUT2D eigenvalue weighted by atomic mass is 16.2. The van der Waals surface area contributed by atoms with Gasteiger partial charge in [-0.3, -0.25) is 4.79 Å². The van der Waals surface area contributed by atoms with Crippen LogP contribution in [-0.2, 0) is 4.79 Å². The van der Waals surface area contributed by atoms with Crippen LogP contribution in [0.3, 0.4) is 0 Å². The van der Waals surface area contributed by atoms with Crippen molar-refractivity contribution in [1.29, 1.82) is 0 Å². The van der Waals surface area contributed by atoms with E-state index >= 15 is 0 Å². The van der Waals surface area contributed by atoms with Gasteiger partial charge in [0.1, 0.15) is 0 Å². The molecule has 0 unspecified atom stereocenters. The molecule has 2 heteroatoms. The van der Waals surface area contributed by atoms with E-state index < -0.39 is 0 Å². The molecule has 0 aromatic carbocycles. The third-order valence-corrected chi connectivity index (χ3v) is 3.14. The van der Waals surface area contributed by atoms with Gasteiger partial charge in [-0.1, -0.05) is 6.92 Å². The summed E-state index contributed by atoms with van der Waals surface area (Å²) in [6, 6.07) is 0. The van der Waals surface area contributed by atoms with Crippen molar-refractivity contribution in [3.8, 4) is 0 Å². The largest absolute Gasteiger partial charge is 0.342 e. The van der Waals surface area contributed by atoms with Crippen molar-refractivity contribution < 1.29 is 4.79 Å². The minimum atomic E-state index is 0.387. The molecule has 2 rings (SSSR count). The summed E-state index contributed by atoms with van der Waals surface area (Å²) in [5.74, 6) is 1.62. The predicted molar refractivity (Wildman–Crippen MR) is 47.7 cm³/mol. The van der Waals surface area contributed by atoms with Crippen LogP contribution in [0.25, 0.3) is 0 Å². The molecule has 2 fully saturated rings. The maximum Gasteiger partial charge on any atom is 0.225 e. The monoisotopic (exact) mass is 167 g/mol. The SMILES string of the molecule is CC1CC(C(=O)N2CCCC2)C1. The lowest BCUT2D eigenvalue weighted by atomic mass is 9.75. The van der Waals surface area contributed by atoms with E-state index in [2.05, 4.69) is 11.8 Å². The van der Waals surface area contributed by atoms with E-state index in [1.54, 1.807) is 0 Å². The van der Waals surface area contributed by atoms with Gasteiger partial charge in [-0.2, -0.15) is 0 Å². The van der Waals surface area contributed by atoms with Crippen LogP contribution >= 0.6 is 0 Å². The molecule has 2 nitrogen and oxygen atoms in total. The number of likely N-dealkylation sites (tertiary alicyclic amines) is 1. The summed E-state index contributed by atoms with van der Waals surface area (Å²) in [6.45, 7) is 4.27. The maximum atomic E-state index is 11.7. The Labute approximate surface area is 73.9 Å². The third-order valence-electron chi connectivity index (χ3n) is 3.14. The Kier molecular flexibility index (Phi) is 2.07. The smallest absolute Gasteiger partial charge is 0.225 e. The molecule has 1 heterocycles. The first-order valence-electron chi connectivity index (χ1n) is 5.06. The van der Waals surface area contributed by atoms with Crippen LogP contribution in [0.5, 0.6) is 0 Å². The fourth-order valence-corrected chi connectivity index (χ4v) is 2.30. The van der Waals surface area contributed by atoms with E-state index in [4.69, 9.17) is 0 Å². The van der Waals surface area contributed by atoms with Gasteiger partial charge in [-0.25, -0.2) is 0 Å². The molecule has 1 aliphatic heterocycles. The molecule has 1 saturated heterocycles. The molecule has 1 saturated carbocycles. The van der Waals surface area contributed by atoms with Crippen LogP contribution in [0.4, 0.5) is 0 Å². The highest BCUT2D eigenvalue weighted by Gasteiger charge is 2.34. The molecule has 0 radical (unpaired) electrons. The summed E-state index contributed by atoms with van der Waals surface area (Å²) in [5, 5.41) is 0. The average molecular weight is 167 g/mol. The Morgan fingerprint density at radius 1 is 1.25 bits per heavy atom. The number of hydrogen-bond donors (Lipinski definition) is 0. The number of carbonyl (C=O) groups is 1. The van der Waals surface area contributed by atoms with Crippen molar-refractivity contribution in [2.24, 2.45) is 11.8 Å². The minimum absolute atomic E-state index is 0.387. The number of nitrogens with zero attached hydrogens (tertiary/aromatic N) is 1. The third kappa shape index (κ3) is 1.35. The van der Waals surface area contributed by atoms with Gasteiger partial charge in [0.15, 0.2) is 0 Å². The van der Waals surface area contributed by atoms with Crippen LogP contribution in [0.2, 0.25) is 0 Å². The molecular formula is C10H17NO. The molecular weight excluding hydrogens is 150 g/mol. The summed E-state index contributed by atoms with van der Waals surface area (Å²) in [5.41, 5.74) is 0. The molecule has 0 bridgehead atoms. The molecule has 0 atom stereocenters. The number of rotatable bonds is 1. The van der Waals surface area contributed by atoms with E-state index in [1.165, 1.54) is 12.8 Å². The van der Waals surface area contributed by atoms with Gasteiger partial charge in [0.2, 0.25) is 5.91 Å². The van der Waals surface area contributed by atoms with E-state index in [9.17, 15) is 4.79 Å².